The van der Waals surface area contributed by atoms with Gasteiger partial charge in [0.05, 0.1) is 5.25 Å². The topological polar surface area (TPSA) is 57.6 Å². The average Bonchev–Trinajstić information content (AvgIpc) is 2.04. The van der Waals surface area contributed by atoms with E-state index in [1.54, 1.807) is 6.92 Å². The Morgan fingerprint density at radius 3 is 1.92 bits per heavy atom. The van der Waals surface area contributed by atoms with Crippen molar-refractivity contribution in [2.45, 2.75) is 32.4 Å². The maximum Gasteiger partial charge on any atom is 0.269 e. The third-order valence-electron chi connectivity index (χ3n) is 2.23. The fraction of sp³-hybridized carbons (Fsp3) is 1.00. The maximum absolute atomic E-state index is 10.9. The van der Waals surface area contributed by atoms with Gasteiger partial charge in [-0.3, -0.25) is 4.55 Å². The molecule has 0 aromatic rings. The molecule has 0 heterocycles. The molecule has 0 radical (unpaired) electrons. The normalized spacial score (nSPS) is 14.8. The lowest BCUT2D eigenvalue weighted by molar-refractivity contribution is 0.293. The van der Waals surface area contributed by atoms with Crippen LogP contribution in [0.2, 0.25) is 0 Å². The van der Waals surface area contributed by atoms with Gasteiger partial charge < -0.3 is 4.90 Å². The Balaban J connectivity index is 4.29. The van der Waals surface area contributed by atoms with Crippen molar-refractivity contribution in [3.8, 4) is 0 Å². The molecule has 0 aliphatic heterocycles. The molecule has 0 saturated heterocycles. The van der Waals surface area contributed by atoms with Gasteiger partial charge in [-0.1, -0.05) is 20.8 Å². The minimum atomic E-state index is -3.87. The predicted octanol–water partition coefficient (Wildman–Crippen LogP) is 0.995. The Kier molecular flexibility index (Phi) is 5.51. The molecule has 0 bridgehead atoms. The molecule has 4 nitrogen and oxygen atoms in total. The Morgan fingerprint density at radius 2 is 1.69 bits per heavy atom. The molecular weight excluding hydrogens is 190 g/mol. The fourth-order valence-electron chi connectivity index (χ4n) is 1.20. The van der Waals surface area contributed by atoms with Crippen LogP contribution in [0.5, 0.6) is 0 Å². The lowest BCUT2D eigenvalue weighted by Gasteiger charge is -2.22. The Morgan fingerprint density at radius 1 is 1.23 bits per heavy atom. The van der Waals surface area contributed by atoms with Crippen molar-refractivity contribution in [3.63, 3.8) is 0 Å². The van der Waals surface area contributed by atoms with Crippen LogP contribution in [0.3, 0.4) is 0 Å². The van der Waals surface area contributed by atoms with Crippen LogP contribution >= 0.6 is 0 Å². The summed E-state index contributed by atoms with van der Waals surface area (Å²) < 4.78 is 30.6. The molecule has 0 fully saturated rings. The molecule has 1 N–H and O–H groups in total. The summed E-state index contributed by atoms with van der Waals surface area (Å²) in [6.45, 7) is 7.75. The minimum absolute atomic E-state index is 0.419. The molecule has 0 rings (SSSR count). The van der Waals surface area contributed by atoms with E-state index in [2.05, 4.69) is 0 Å². The summed E-state index contributed by atoms with van der Waals surface area (Å²) >= 11 is 0. The monoisotopic (exact) mass is 209 g/mol. The van der Waals surface area contributed by atoms with E-state index in [4.69, 9.17) is 4.55 Å². The van der Waals surface area contributed by atoms with E-state index in [-0.39, 0.29) is 0 Å². The molecule has 0 aliphatic rings. The van der Waals surface area contributed by atoms with E-state index in [1.165, 1.54) is 0 Å². The van der Waals surface area contributed by atoms with Crippen LogP contribution in [0.4, 0.5) is 0 Å². The zero-order valence-corrected chi connectivity index (χ0v) is 9.34. The lowest BCUT2D eigenvalue weighted by atomic mass is 10.3. The zero-order valence-electron chi connectivity index (χ0n) is 8.52. The first kappa shape index (κ1) is 12.9. The summed E-state index contributed by atoms with van der Waals surface area (Å²) in [4.78, 5) is 1.99. The van der Waals surface area contributed by atoms with Crippen LogP contribution < -0.4 is 0 Å². The summed E-state index contributed by atoms with van der Waals surface area (Å²) in [6, 6.07) is 0. The van der Waals surface area contributed by atoms with Gasteiger partial charge in [0.15, 0.2) is 0 Å². The Hall–Kier alpha value is -0.130. The second-order valence-corrected chi connectivity index (χ2v) is 4.73. The molecule has 13 heavy (non-hydrogen) atoms. The Labute approximate surface area is 80.7 Å². The van der Waals surface area contributed by atoms with Gasteiger partial charge in [0, 0.05) is 6.54 Å². The van der Waals surface area contributed by atoms with Crippen molar-refractivity contribution < 1.29 is 13.0 Å². The van der Waals surface area contributed by atoms with E-state index in [0.29, 0.717) is 13.0 Å². The van der Waals surface area contributed by atoms with Crippen molar-refractivity contribution in [2.24, 2.45) is 0 Å². The standard InChI is InChI=1S/C8H19NO3S/c1-4-8(13(10,11)12)7-9(5-2)6-3/h8H,4-7H2,1-3H3,(H,10,11,12). The summed E-state index contributed by atoms with van der Waals surface area (Å²) in [6.07, 6.45) is 0.454. The molecule has 0 aromatic heterocycles. The molecule has 0 spiro atoms. The fourth-order valence-corrected chi connectivity index (χ4v) is 2.02. The highest BCUT2D eigenvalue weighted by Gasteiger charge is 2.22. The largest absolute Gasteiger partial charge is 0.303 e. The van der Waals surface area contributed by atoms with E-state index >= 15 is 0 Å². The van der Waals surface area contributed by atoms with Gasteiger partial charge in [0.25, 0.3) is 10.1 Å². The van der Waals surface area contributed by atoms with Crippen LogP contribution in [0.15, 0.2) is 0 Å². The highest BCUT2D eigenvalue weighted by Crippen LogP contribution is 2.06. The molecule has 0 aromatic carbocycles. The van der Waals surface area contributed by atoms with Crippen molar-refractivity contribution in [2.75, 3.05) is 19.6 Å². The summed E-state index contributed by atoms with van der Waals surface area (Å²) in [5, 5.41) is -0.646. The number of hydrogen-bond donors (Lipinski definition) is 1. The first-order valence-corrected chi connectivity index (χ1v) is 6.14. The first-order valence-electron chi connectivity index (χ1n) is 4.64. The van der Waals surface area contributed by atoms with E-state index in [1.807, 2.05) is 18.7 Å². The first-order chi connectivity index (χ1) is 5.95. The van der Waals surface area contributed by atoms with Crippen LogP contribution in [-0.2, 0) is 10.1 Å². The summed E-state index contributed by atoms with van der Waals surface area (Å²) in [5.41, 5.74) is 0. The van der Waals surface area contributed by atoms with Crippen molar-refractivity contribution >= 4 is 10.1 Å². The van der Waals surface area contributed by atoms with Gasteiger partial charge in [0.1, 0.15) is 0 Å². The number of hydrogen-bond acceptors (Lipinski definition) is 3. The quantitative estimate of drug-likeness (QED) is 0.663. The van der Waals surface area contributed by atoms with E-state index in [9.17, 15) is 8.42 Å². The highest BCUT2D eigenvalue weighted by molar-refractivity contribution is 7.86. The van der Waals surface area contributed by atoms with Gasteiger partial charge in [-0.2, -0.15) is 8.42 Å². The second-order valence-electron chi connectivity index (χ2n) is 3.03. The molecule has 0 aliphatic carbocycles. The predicted molar refractivity (Wildman–Crippen MR) is 53.4 cm³/mol. The minimum Gasteiger partial charge on any atom is -0.303 e. The SMILES string of the molecule is CCC(CN(CC)CC)S(=O)(=O)O. The maximum atomic E-state index is 10.9. The second kappa shape index (κ2) is 5.57. The van der Waals surface area contributed by atoms with Gasteiger partial charge in [-0.05, 0) is 19.5 Å². The van der Waals surface area contributed by atoms with E-state index in [0.717, 1.165) is 13.1 Å². The molecule has 80 valence electrons. The average molecular weight is 209 g/mol. The lowest BCUT2D eigenvalue weighted by Crippen LogP contribution is -2.36. The van der Waals surface area contributed by atoms with Gasteiger partial charge in [-0.15, -0.1) is 0 Å². The third kappa shape index (κ3) is 4.59. The molecular formula is C8H19NO3S. The molecule has 1 atom stereocenters. The Bertz CT molecular complexity index is 222. The van der Waals surface area contributed by atoms with Gasteiger partial charge >= 0.3 is 0 Å². The summed E-state index contributed by atoms with van der Waals surface area (Å²) in [7, 11) is -3.87. The van der Waals surface area contributed by atoms with Crippen LogP contribution in [0.25, 0.3) is 0 Å². The number of rotatable bonds is 6. The van der Waals surface area contributed by atoms with Crippen molar-refractivity contribution in [1.29, 1.82) is 0 Å². The molecule has 0 amide bonds. The molecule has 1 unspecified atom stereocenters. The van der Waals surface area contributed by atoms with E-state index < -0.39 is 15.4 Å². The van der Waals surface area contributed by atoms with Crippen LogP contribution in [0, 0.1) is 0 Å². The van der Waals surface area contributed by atoms with Crippen molar-refractivity contribution in [3.05, 3.63) is 0 Å². The van der Waals surface area contributed by atoms with Crippen molar-refractivity contribution in [1.82, 2.24) is 4.90 Å². The zero-order chi connectivity index (χ0) is 10.5. The van der Waals surface area contributed by atoms with Gasteiger partial charge in [0.2, 0.25) is 0 Å². The smallest absolute Gasteiger partial charge is 0.269 e. The molecule has 0 saturated carbocycles. The summed E-state index contributed by atoms with van der Waals surface area (Å²) in [5.74, 6) is 0. The van der Waals surface area contributed by atoms with Crippen LogP contribution in [0.1, 0.15) is 27.2 Å². The van der Waals surface area contributed by atoms with Gasteiger partial charge in [-0.25, -0.2) is 0 Å². The number of nitrogens with zero attached hydrogens (tertiary/aromatic N) is 1. The molecule has 5 heteroatoms. The third-order valence-corrected chi connectivity index (χ3v) is 3.56. The highest BCUT2D eigenvalue weighted by atomic mass is 32.2. The van der Waals surface area contributed by atoms with Crippen LogP contribution in [-0.4, -0.2) is 42.8 Å².